The molecular weight excluding hydrogens is 299 g/mol. The summed E-state index contributed by atoms with van der Waals surface area (Å²) in [6.45, 7) is 2.48. The van der Waals surface area contributed by atoms with Crippen molar-refractivity contribution in [2.24, 2.45) is 0 Å². The monoisotopic (exact) mass is 313 g/mol. The van der Waals surface area contributed by atoms with Crippen LogP contribution in [-0.4, -0.2) is 6.54 Å². The molecule has 1 nitrogen and oxygen atoms in total. The molecule has 21 heavy (non-hydrogen) atoms. The predicted molar refractivity (Wildman–Crippen MR) is 77.9 cm³/mol. The van der Waals surface area contributed by atoms with E-state index in [0.29, 0.717) is 6.54 Å². The Morgan fingerprint density at radius 2 is 1.81 bits per heavy atom. The normalized spacial score (nSPS) is 12.4. The number of hydrogen-bond acceptors (Lipinski definition) is 1. The van der Waals surface area contributed by atoms with Crippen LogP contribution in [0.3, 0.4) is 0 Å². The van der Waals surface area contributed by atoms with Gasteiger partial charge in [-0.2, -0.15) is 0 Å². The van der Waals surface area contributed by atoms with Crippen LogP contribution in [0.15, 0.2) is 36.4 Å². The number of rotatable bonds is 5. The van der Waals surface area contributed by atoms with Crippen molar-refractivity contribution in [1.29, 1.82) is 0 Å². The third kappa shape index (κ3) is 3.57. The van der Waals surface area contributed by atoms with Crippen LogP contribution in [-0.2, 0) is 0 Å². The minimum atomic E-state index is -0.972. The van der Waals surface area contributed by atoms with Crippen molar-refractivity contribution in [3.8, 4) is 0 Å². The molecule has 1 unspecified atom stereocenters. The summed E-state index contributed by atoms with van der Waals surface area (Å²) in [5.74, 6) is -2.48. The van der Waals surface area contributed by atoms with Crippen LogP contribution >= 0.6 is 11.6 Å². The maximum Gasteiger partial charge on any atom is 0.163 e. The van der Waals surface area contributed by atoms with Crippen LogP contribution in [0.2, 0.25) is 5.02 Å². The minimum absolute atomic E-state index is 0.0738. The second-order valence-corrected chi connectivity index (χ2v) is 5.13. The lowest BCUT2D eigenvalue weighted by atomic mass is 9.97. The largest absolute Gasteiger partial charge is 0.306 e. The minimum Gasteiger partial charge on any atom is -0.306 e. The quantitative estimate of drug-likeness (QED) is 0.832. The Balaban J connectivity index is 2.49. The first kappa shape index (κ1) is 15.9. The molecule has 0 amide bonds. The van der Waals surface area contributed by atoms with E-state index < -0.39 is 23.5 Å². The smallest absolute Gasteiger partial charge is 0.163 e. The highest BCUT2D eigenvalue weighted by Crippen LogP contribution is 2.29. The van der Waals surface area contributed by atoms with Gasteiger partial charge < -0.3 is 5.32 Å². The Morgan fingerprint density at radius 3 is 2.48 bits per heavy atom. The molecular formula is C16H15ClF3N. The third-order valence-electron chi connectivity index (χ3n) is 3.16. The van der Waals surface area contributed by atoms with Crippen molar-refractivity contribution in [3.05, 3.63) is 70.0 Å². The molecule has 5 heteroatoms. The zero-order chi connectivity index (χ0) is 15.4. The van der Waals surface area contributed by atoms with Gasteiger partial charge in [-0.1, -0.05) is 36.7 Å². The molecule has 1 N–H and O–H groups in total. The number of halogens is 4. The maximum absolute atomic E-state index is 14.1. The van der Waals surface area contributed by atoms with Crippen LogP contribution in [0.4, 0.5) is 13.2 Å². The van der Waals surface area contributed by atoms with Crippen molar-refractivity contribution >= 4 is 11.6 Å². The van der Waals surface area contributed by atoms with E-state index in [-0.39, 0.29) is 16.1 Å². The molecule has 0 saturated carbocycles. The van der Waals surface area contributed by atoms with Crippen molar-refractivity contribution in [2.45, 2.75) is 19.4 Å². The summed E-state index contributed by atoms with van der Waals surface area (Å²) in [7, 11) is 0. The summed E-state index contributed by atoms with van der Waals surface area (Å²) in [6.07, 6.45) is 0.780. The number of nitrogens with one attached hydrogen (secondary N) is 1. The van der Waals surface area contributed by atoms with Crippen molar-refractivity contribution in [1.82, 2.24) is 5.32 Å². The van der Waals surface area contributed by atoms with Gasteiger partial charge >= 0.3 is 0 Å². The topological polar surface area (TPSA) is 12.0 Å². The summed E-state index contributed by atoms with van der Waals surface area (Å²) in [4.78, 5) is 0. The molecule has 0 aromatic heterocycles. The molecule has 2 rings (SSSR count). The lowest BCUT2D eigenvalue weighted by Gasteiger charge is -2.21. The van der Waals surface area contributed by atoms with Crippen LogP contribution in [0.25, 0.3) is 0 Å². The van der Waals surface area contributed by atoms with Gasteiger partial charge in [-0.25, -0.2) is 13.2 Å². The van der Waals surface area contributed by atoms with E-state index in [1.165, 1.54) is 24.3 Å². The Kier molecular flexibility index (Phi) is 5.26. The Labute approximate surface area is 126 Å². The molecule has 0 aliphatic carbocycles. The van der Waals surface area contributed by atoms with E-state index in [1.54, 1.807) is 0 Å². The molecule has 0 aliphatic rings. The SMILES string of the molecule is CCCNC(c1ccc(Cl)cc1F)c1cccc(F)c1F. The fourth-order valence-corrected chi connectivity index (χ4v) is 2.31. The molecule has 0 spiro atoms. The predicted octanol–water partition coefficient (Wildman–Crippen LogP) is 4.85. The summed E-state index contributed by atoms with van der Waals surface area (Å²) in [5.41, 5.74) is 0.307. The Bertz CT molecular complexity index is 631. The second-order valence-electron chi connectivity index (χ2n) is 4.70. The average molecular weight is 314 g/mol. The summed E-state index contributed by atoms with van der Waals surface area (Å²) < 4.78 is 41.5. The van der Waals surface area contributed by atoms with Gasteiger partial charge in [0.2, 0.25) is 0 Å². The fraction of sp³-hybridized carbons (Fsp3) is 0.250. The van der Waals surface area contributed by atoms with Crippen LogP contribution in [0, 0.1) is 17.5 Å². The number of hydrogen-bond donors (Lipinski definition) is 1. The van der Waals surface area contributed by atoms with Gasteiger partial charge in [0.05, 0.1) is 6.04 Å². The van der Waals surface area contributed by atoms with E-state index >= 15 is 0 Å². The molecule has 2 aromatic carbocycles. The van der Waals surface area contributed by atoms with Gasteiger partial charge in [0.15, 0.2) is 11.6 Å². The lowest BCUT2D eigenvalue weighted by molar-refractivity contribution is 0.474. The van der Waals surface area contributed by atoms with Crippen molar-refractivity contribution in [3.63, 3.8) is 0 Å². The van der Waals surface area contributed by atoms with E-state index in [9.17, 15) is 13.2 Å². The average Bonchev–Trinajstić information content (AvgIpc) is 2.45. The van der Waals surface area contributed by atoms with Crippen LogP contribution in [0.1, 0.15) is 30.5 Å². The van der Waals surface area contributed by atoms with Gasteiger partial charge in [-0.3, -0.25) is 0 Å². The molecule has 0 radical (unpaired) electrons. The highest BCUT2D eigenvalue weighted by atomic mass is 35.5. The van der Waals surface area contributed by atoms with Gasteiger partial charge in [0, 0.05) is 16.1 Å². The molecule has 1 atom stereocenters. The summed E-state index contributed by atoms with van der Waals surface area (Å²) >= 11 is 5.73. The lowest BCUT2D eigenvalue weighted by Crippen LogP contribution is -2.25. The molecule has 0 aliphatic heterocycles. The molecule has 0 fully saturated rings. The van der Waals surface area contributed by atoms with Crippen molar-refractivity contribution in [2.75, 3.05) is 6.54 Å². The highest BCUT2D eigenvalue weighted by Gasteiger charge is 2.22. The van der Waals surface area contributed by atoms with Gasteiger partial charge in [0.1, 0.15) is 5.82 Å². The van der Waals surface area contributed by atoms with Crippen LogP contribution in [0.5, 0.6) is 0 Å². The van der Waals surface area contributed by atoms with E-state index in [1.807, 2.05) is 6.92 Å². The molecule has 0 saturated heterocycles. The third-order valence-corrected chi connectivity index (χ3v) is 3.40. The summed E-state index contributed by atoms with van der Waals surface area (Å²) in [6, 6.07) is 7.29. The van der Waals surface area contributed by atoms with Crippen LogP contribution < -0.4 is 5.32 Å². The van der Waals surface area contributed by atoms with E-state index in [0.717, 1.165) is 18.6 Å². The molecule has 0 bridgehead atoms. The summed E-state index contributed by atoms with van der Waals surface area (Å²) in [5, 5.41) is 3.30. The second kappa shape index (κ2) is 6.96. The number of benzene rings is 2. The molecule has 112 valence electrons. The molecule has 2 aromatic rings. The highest BCUT2D eigenvalue weighted by molar-refractivity contribution is 6.30. The zero-order valence-corrected chi connectivity index (χ0v) is 12.2. The standard InChI is InChI=1S/C16H15ClF3N/c1-2-8-21-16(11-7-6-10(17)9-14(11)19)12-4-3-5-13(18)15(12)20/h3-7,9,16,21H,2,8H2,1H3. The van der Waals surface area contributed by atoms with Gasteiger partial charge in [-0.15, -0.1) is 0 Å². The maximum atomic E-state index is 14.1. The van der Waals surface area contributed by atoms with Crippen molar-refractivity contribution < 1.29 is 13.2 Å². The zero-order valence-electron chi connectivity index (χ0n) is 11.5. The van der Waals surface area contributed by atoms with Gasteiger partial charge in [-0.05, 0) is 31.2 Å². The first-order chi connectivity index (χ1) is 10.0. The first-order valence-electron chi connectivity index (χ1n) is 6.66. The fourth-order valence-electron chi connectivity index (χ4n) is 2.16. The Morgan fingerprint density at radius 1 is 1.05 bits per heavy atom. The van der Waals surface area contributed by atoms with E-state index in [4.69, 9.17) is 11.6 Å². The first-order valence-corrected chi connectivity index (χ1v) is 7.04. The molecule has 0 heterocycles. The van der Waals surface area contributed by atoms with Gasteiger partial charge in [0.25, 0.3) is 0 Å². The Hall–Kier alpha value is -1.52. The van der Waals surface area contributed by atoms with E-state index in [2.05, 4.69) is 5.32 Å².